The minimum atomic E-state index is -3.51. The second-order valence-electron chi connectivity index (χ2n) is 4.67. The van der Waals surface area contributed by atoms with Crippen molar-refractivity contribution in [1.29, 1.82) is 0 Å². The van der Waals surface area contributed by atoms with Gasteiger partial charge in [0.1, 0.15) is 5.82 Å². The van der Waals surface area contributed by atoms with Crippen LogP contribution in [-0.2, 0) is 16.4 Å². The van der Waals surface area contributed by atoms with Crippen LogP contribution in [0.25, 0.3) is 6.08 Å². The Morgan fingerprint density at radius 3 is 2.32 bits per heavy atom. The molecule has 6 heteroatoms. The van der Waals surface area contributed by atoms with Crippen LogP contribution in [0.15, 0.2) is 53.9 Å². The lowest BCUT2D eigenvalue weighted by Gasteiger charge is -2.03. The predicted octanol–water partition coefficient (Wildman–Crippen LogP) is 3.61. The second kappa shape index (κ2) is 7.54. The smallest absolute Gasteiger partial charge is 0.211 e. The number of halogens is 2. The molecule has 1 N–H and O–H groups in total. The van der Waals surface area contributed by atoms with Crippen LogP contribution in [0.1, 0.15) is 11.1 Å². The fourth-order valence-corrected chi connectivity index (χ4v) is 2.72. The van der Waals surface area contributed by atoms with Crippen molar-refractivity contribution in [3.63, 3.8) is 0 Å². The predicted molar refractivity (Wildman–Crippen MR) is 87.5 cm³/mol. The zero-order valence-electron chi connectivity index (χ0n) is 11.7. The molecule has 0 radical (unpaired) electrons. The maximum atomic E-state index is 12.8. The van der Waals surface area contributed by atoms with Crippen LogP contribution in [0.5, 0.6) is 0 Å². The Balaban J connectivity index is 1.88. The van der Waals surface area contributed by atoms with Gasteiger partial charge in [0.05, 0.1) is 0 Å². The molecule has 0 amide bonds. The third-order valence-corrected chi connectivity index (χ3v) is 4.29. The number of nitrogens with one attached hydrogen (secondary N) is 1. The van der Waals surface area contributed by atoms with Crippen LogP contribution >= 0.6 is 11.6 Å². The molecule has 2 rings (SSSR count). The summed E-state index contributed by atoms with van der Waals surface area (Å²) in [6, 6.07) is 12.8. The monoisotopic (exact) mass is 339 g/mol. The molecule has 0 spiro atoms. The Hall–Kier alpha value is -1.69. The topological polar surface area (TPSA) is 46.2 Å². The molecule has 0 aliphatic carbocycles. The van der Waals surface area contributed by atoms with E-state index in [2.05, 4.69) is 4.72 Å². The van der Waals surface area contributed by atoms with Crippen molar-refractivity contribution in [2.75, 3.05) is 6.54 Å². The van der Waals surface area contributed by atoms with E-state index < -0.39 is 10.0 Å². The highest BCUT2D eigenvalue weighted by atomic mass is 35.5. The van der Waals surface area contributed by atoms with E-state index in [0.717, 1.165) is 16.5 Å². The molecule has 0 fully saturated rings. The molecule has 0 heterocycles. The maximum Gasteiger partial charge on any atom is 0.233 e. The van der Waals surface area contributed by atoms with Crippen molar-refractivity contribution in [3.8, 4) is 0 Å². The number of rotatable bonds is 6. The molecular weight excluding hydrogens is 325 g/mol. The summed E-state index contributed by atoms with van der Waals surface area (Å²) in [5, 5.41) is 1.71. The van der Waals surface area contributed by atoms with Crippen molar-refractivity contribution < 1.29 is 12.8 Å². The van der Waals surface area contributed by atoms with Crippen LogP contribution in [0.4, 0.5) is 4.39 Å². The SMILES string of the molecule is O=S(=O)(/C=C/c1ccc(Cl)cc1)NCCc1ccc(F)cc1. The highest BCUT2D eigenvalue weighted by Gasteiger charge is 2.04. The van der Waals surface area contributed by atoms with Crippen LogP contribution < -0.4 is 4.72 Å². The number of benzene rings is 2. The Kier molecular flexibility index (Phi) is 5.71. The molecule has 0 aromatic heterocycles. The minimum absolute atomic E-state index is 0.249. The molecule has 2 aromatic carbocycles. The molecule has 22 heavy (non-hydrogen) atoms. The summed E-state index contributed by atoms with van der Waals surface area (Å²) in [5.41, 5.74) is 1.61. The van der Waals surface area contributed by atoms with Crippen molar-refractivity contribution in [1.82, 2.24) is 4.72 Å². The number of sulfonamides is 1. The lowest BCUT2D eigenvalue weighted by atomic mass is 10.1. The summed E-state index contributed by atoms with van der Waals surface area (Å²) in [6.45, 7) is 0.249. The molecule has 0 bridgehead atoms. The van der Waals surface area contributed by atoms with E-state index in [9.17, 15) is 12.8 Å². The molecule has 0 unspecified atom stereocenters. The van der Waals surface area contributed by atoms with Crippen molar-refractivity contribution >= 4 is 27.7 Å². The zero-order chi connectivity index (χ0) is 16.0. The summed E-state index contributed by atoms with van der Waals surface area (Å²) in [6.07, 6.45) is 1.99. The number of hydrogen-bond acceptors (Lipinski definition) is 2. The van der Waals surface area contributed by atoms with Gasteiger partial charge in [-0.15, -0.1) is 0 Å². The second-order valence-corrected chi connectivity index (χ2v) is 6.76. The Morgan fingerprint density at radius 1 is 1.05 bits per heavy atom. The normalized spacial score (nSPS) is 11.9. The van der Waals surface area contributed by atoms with Gasteiger partial charge in [0.25, 0.3) is 0 Å². The van der Waals surface area contributed by atoms with Gasteiger partial charge >= 0.3 is 0 Å². The summed E-state index contributed by atoms with van der Waals surface area (Å²) in [5.74, 6) is -0.310. The van der Waals surface area contributed by atoms with Crippen LogP contribution in [0.2, 0.25) is 5.02 Å². The van der Waals surface area contributed by atoms with Gasteiger partial charge in [0, 0.05) is 17.0 Å². The molecule has 3 nitrogen and oxygen atoms in total. The van der Waals surface area contributed by atoms with Gasteiger partial charge in [-0.2, -0.15) is 0 Å². The van der Waals surface area contributed by atoms with Crippen LogP contribution in [-0.4, -0.2) is 15.0 Å². The number of hydrogen-bond donors (Lipinski definition) is 1. The van der Waals surface area contributed by atoms with Crippen molar-refractivity contribution in [2.45, 2.75) is 6.42 Å². The molecule has 0 saturated heterocycles. The quantitative estimate of drug-likeness (QED) is 0.873. The van der Waals surface area contributed by atoms with Crippen molar-refractivity contribution in [2.24, 2.45) is 0 Å². The first-order chi connectivity index (χ1) is 10.4. The maximum absolute atomic E-state index is 12.8. The Labute approximate surface area is 134 Å². The summed E-state index contributed by atoms with van der Waals surface area (Å²) in [4.78, 5) is 0. The summed E-state index contributed by atoms with van der Waals surface area (Å²) >= 11 is 5.76. The zero-order valence-corrected chi connectivity index (χ0v) is 13.2. The summed E-state index contributed by atoms with van der Waals surface area (Å²) < 4.78 is 38.9. The first kappa shape index (κ1) is 16.7. The lowest BCUT2D eigenvalue weighted by Crippen LogP contribution is -2.23. The van der Waals surface area contributed by atoms with E-state index in [4.69, 9.17) is 11.6 Å². The van der Waals surface area contributed by atoms with E-state index in [0.29, 0.717) is 11.4 Å². The Morgan fingerprint density at radius 2 is 1.68 bits per heavy atom. The van der Waals surface area contributed by atoms with E-state index in [1.54, 1.807) is 36.4 Å². The van der Waals surface area contributed by atoms with Gasteiger partial charge in [0.2, 0.25) is 10.0 Å². The van der Waals surface area contributed by atoms with Crippen LogP contribution in [0, 0.1) is 5.82 Å². The van der Waals surface area contributed by atoms with Gasteiger partial charge in [-0.1, -0.05) is 35.9 Å². The fourth-order valence-electron chi connectivity index (χ4n) is 1.78. The minimum Gasteiger partial charge on any atom is -0.211 e. The molecule has 0 aliphatic heterocycles. The van der Waals surface area contributed by atoms with E-state index >= 15 is 0 Å². The standard InChI is InChI=1S/C16H15ClFNO2S/c17-15-5-1-14(2-6-15)10-12-22(20,21)19-11-9-13-3-7-16(18)8-4-13/h1-8,10,12,19H,9,11H2/b12-10+. The Bertz CT molecular complexity index is 741. The third kappa shape index (κ3) is 5.60. The third-order valence-electron chi connectivity index (χ3n) is 2.94. The van der Waals surface area contributed by atoms with E-state index in [-0.39, 0.29) is 12.4 Å². The highest BCUT2D eigenvalue weighted by Crippen LogP contribution is 2.11. The van der Waals surface area contributed by atoms with Gasteiger partial charge in [-0.05, 0) is 47.9 Å². The van der Waals surface area contributed by atoms with Crippen molar-refractivity contribution in [3.05, 3.63) is 75.9 Å². The lowest BCUT2D eigenvalue weighted by molar-refractivity contribution is 0.591. The largest absolute Gasteiger partial charge is 0.233 e. The van der Waals surface area contributed by atoms with Gasteiger partial charge < -0.3 is 0 Å². The molecule has 116 valence electrons. The fraction of sp³-hybridized carbons (Fsp3) is 0.125. The molecule has 2 aromatic rings. The first-order valence-corrected chi connectivity index (χ1v) is 8.55. The van der Waals surface area contributed by atoms with Crippen LogP contribution in [0.3, 0.4) is 0 Å². The first-order valence-electron chi connectivity index (χ1n) is 6.62. The molecule has 0 aliphatic rings. The van der Waals surface area contributed by atoms with Gasteiger partial charge in [-0.25, -0.2) is 17.5 Å². The molecule has 0 saturated carbocycles. The molecular formula is C16H15ClFNO2S. The summed E-state index contributed by atoms with van der Waals surface area (Å²) in [7, 11) is -3.51. The van der Waals surface area contributed by atoms with E-state index in [1.807, 2.05) is 0 Å². The highest BCUT2D eigenvalue weighted by molar-refractivity contribution is 7.92. The van der Waals surface area contributed by atoms with Gasteiger partial charge in [-0.3, -0.25) is 0 Å². The average Bonchev–Trinajstić information content (AvgIpc) is 2.49. The van der Waals surface area contributed by atoms with Gasteiger partial charge in [0.15, 0.2) is 0 Å². The molecule has 0 atom stereocenters. The average molecular weight is 340 g/mol. The van der Waals surface area contributed by atoms with E-state index in [1.165, 1.54) is 18.2 Å².